The van der Waals surface area contributed by atoms with Crippen molar-refractivity contribution in [3.63, 3.8) is 0 Å². The second-order valence-corrected chi connectivity index (χ2v) is 8.46. The molecule has 0 amide bonds. The lowest BCUT2D eigenvalue weighted by Crippen LogP contribution is -2.48. The summed E-state index contributed by atoms with van der Waals surface area (Å²) in [5, 5.41) is 15.1. The molecule has 178 valence electrons. The fourth-order valence-corrected chi connectivity index (χ4v) is 4.40. The number of aromatic nitrogens is 7. The van der Waals surface area contributed by atoms with Gasteiger partial charge in [-0.05, 0) is 18.2 Å². The van der Waals surface area contributed by atoms with Gasteiger partial charge in [-0.3, -0.25) is 4.90 Å². The Balaban J connectivity index is 1.29. The number of hydrogen-bond donors (Lipinski definition) is 2. The van der Waals surface area contributed by atoms with Crippen molar-refractivity contribution in [2.24, 2.45) is 0 Å². The molecule has 11 nitrogen and oxygen atoms in total. The molecule has 2 saturated heterocycles. The summed E-state index contributed by atoms with van der Waals surface area (Å²) in [7, 11) is 0. The lowest BCUT2D eigenvalue weighted by molar-refractivity contribution is -0.0585. The summed E-state index contributed by atoms with van der Waals surface area (Å²) < 4.78 is 48.1. The van der Waals surface area contributed by atoms with Gasteiger partial charge in [-0.2, -0.15) is 4.98 Å². The van der Waals surface area contributed by atoms with Crippen LogP contribution in [0.1, 0.15) is 0 Å². The van der Waals surface area contributed by atoms with Crippen molar-refractivity contribution in [2.45, 2.75) is 31.2 Å². The number of alkyl halides is 3. The van der Waals surface area contributed by atoms with Crippen LogP contribution in [0.2, 0.25) is 0 Å². The van der Waals surface area contributed by atoms with E-state index in [1.54, 1.807) is 28.9 Å². The molecule has 6 rings (SSSR count). The van der Waals surface area contributed by atoms with Crippen molar-refractivity contribution >= 4 is 28.4 Å². The smallest absolute Gasteiger partial charge is 0.258 e. The lowest BCUT2D eigenvalue weighted by Gasteiger charge is -2.34. The molecule has 4 aromatic rings. The molecule has 0 radical (unpaired) electrons. The van der Waals surface area contributed by atoms with Crippen molar-refractivity contribution in [2.75, 3.05) is 37.4 Å². The van der Waals surface area contributed by atoms with Gasteiger partial charge in [-0.25, -0.2) is 27.4 Å². The van der Waals surface area contributed by atoms with E-state index in [2.05, 4.69) is 35.6 Å². The summed E-state index contributed by atoms with van der Waals surface area (Å²) >= 11 is 0. The van der Waals surface area contributed by atoms with Crippen LogP contribution in [0.5, 0.6) is 0 Å². The molecule has 2 aliphatic rings. The maximum atomic E-state index is 14.6. The average Bonchev–Trinajstić information content (AvgIpc) is 3.44. The van der Waals surface area contributed by atoms with E-state index < -0.39 is 25.2 Å². The highest BCUT2D eigenvalue weighted by molar-refractivity contribution is 5.88. The number of nitrogen functional groups attached to an aromatic ring is 1. The molecule has 2 fully saturated rings. The van der Waals surface area contributed by atoms with Gasteiger partial charge in [0.1, 0.15) is 23.7 Å². The molecule has 0 saturated carbocycles. The number of fused-ring (bicyclic) bond motifs is 2. The normalized spacial score (nSPS) is 21.6. The van der Waals surface area contributed by atoms with Crippen LogP contribution < -0.4 is 11.1 Å². The van der Waals surface area contributed by atoms with E-state index in [4.69, 9.17) is 10.5 Å². The molecule has 0 bridgehead atoms. The minimum absolute atomic E-state index is 0.177. The van der Waals surface area contributed by atoms with Gasteiger partial charge in [0.05, 0.1) is 31.0 Å². The van der Waals surface area contributed by atoms with Gasteiger partial charge >= 0.3 is 0 Å². The van der Waals surface area contributed by atoms with Crippen LogP contribution in [0.4, 0.5) is 24.9 Å². The number of anilines is 2. The Morgan fingerprint density at radius 1 is 1.18 bits per heavy atom. The zero-order chi connectivity index (χ0) is 23.4. The minimum atomic E-state index is -2.58. The molecule has 0 unspecified atom stereocenters. The molecule has 34 heavy (non-hydrogen) atoms. The number of hydrogen-bond acceptors (Lipinski definition) is 9. The van der Waals surface area contributed by atoms with Crippen molar-refractivity contribution in [3.8, 4) is 11.3 Å². The molecule has 0 aliphatic carbocycles. The van der Waals surface area contributed by atoms with Gasteiger partial charge in [0.15, 0.2) is 11.5 Å². The monoisotopic (exact) mass is 474 g/mol. The van der Waals surface area contributed by atoms with Gasteiger partial charge < -0.3 is 15.8 Å². The number of nitrogens with zero attached hydrogens (tertiary/aromatic N) is 8. The highest BCUT2D eigenvalue weighted by Gasteiger charge is 2.39. The van der Waals surface area contributed by atoms with Crippen LogP contribution >= 0.6 is 0 Å². The highest BCUT2D eigenvalue weighted by atomic mass is 19.3. The first-order valence-corrected chi connectivity index (χ1v) is 10.8. The largest absolute Gasteiger partial charge is 0.382 e. The Kier molecular flexibility index (Phi) is 4.99. The van der Waals surface area contributed by atoms with E-state index in [1.807, 2.05) is 0 Å². The van der Waals surface area contributed by atoms with Gasteiger partial charge in [0, 0.05) is 24.8 Å². The molecule has 2 atom stereocenters. The summed E-state index contributed by atoms with van der Waals surface area (Å²) in [5.74, 6) is 0.394. The van der Waals surface area contributed by atoms with E-state index in [9.17, 15) is 13.2 Å². The first kappa shape index (κ1) is 21.0. The number of rotatable bonds is 6. The second-order valence-electron chi connectivity index (χ2n) is 8.46. The Morgan fingerprint density at radius 3 is 2.79 bits per heavy atom. The highest BCUT2D eigenvalue weighted by Crippen LogP contribution is 2.29. The average molecular weight is 474 g/mol. The molecule has 2 aliphatic heterocycles. The SMILES string of the molecule is Nc1nc(N[C@@H]2CN(C3COC3)C[C@@H]2F)nn2ccc(-c3ccc4nnn(CC(F)F)c4n3)c12. The number of nitrogens with two attached hydrogens (primary N) is 1. The molecule has 4 aromatic heterocycles. The van der Waals surface area contributed by atoms with Crippen LogP contribution in [-0.2, 0) is 11.3 Å². The third-order valence-electron chi connectivity index (χ3n) is 6.21. The van der Waals surface area contributed by atoms with Crippen LogP contribution in [0, 0.1) is 0 Å². The molecule has 14 heteroatoms. The minimum Gasteiger partial charge on any atom is -0.382 e. The van der Waals surface area contributed by atoms with Crippen molar-refractivity contribution in [3.05, 3.63) is 24.4 Å². The molecule has 0 aromatic carbocycles. The van der Waals surface area contributed by atoms with Crippen molar-refractivity contribution < 1.29 is 17.9 Å². The zero-order valence-corrected chi connectivity index (χ0v) is 17.9. The molecule has 6 heterocycles. The van der Waals surface area contributed by atoms with Crippen LogP contribution in [0.25, 0.3) is 27.9 Å². The third-order valence-corrected chi connectivity index (χ3v) is 6.21. The Hall–Kier alpha value is -3.52. The first-order chi connectivity index (χ1) is 16.5. The van der Waals surface area contributed by atoms with E-state index in [-0.39, 0.29) is 23.5 Å². The van der Waals surface area contributed by atoms with Gasteiger partial charge in [-0.1, -0.05) is 5.21 Å². The van der Waals surface area contributed by atoms with E-state index in [0.717, 1.165) is 4.68 Å². The third kappa shape index (κ3) is 3.58. The fourth-order valence-electron chi connectivity index (χ4n) is 4.40. The quantitative estimate of drug-likeness (QED) is 0.424. The Bertz CT molecular complexity index is 1350. The van der Waals surface area contributed by atoms with E-state index in [0.29, 0.717) is 48.6 Å². The van der Waals surface area contributed by atoms with Gasteiger partial charge in [-0.15, -0.1) is 10.2 Å². The predicted molar refractivity (Wildman–Crippen MR) is 116 cm³/mol. The summed E-state index contributed by atoms with van der Waals surface area (Å²) in [6.07, 6.45) is -1.96. The number of pyridine rings is 1. The Morgan fingerprint density at radius 2 is 2.03 bits per heavy atom. The molecular weight excluding hydrogens is 453 g/mol. The standard InChI is InChI=1S/C20H21F3N10O/c21-12-5-31(10-8-34-9-10)6-15(12)26-20-27-18(24)17-11(3-4-32(17)29-20)13-1-2-14-19(25-13)33(30-28-14)7-16(22)23/h1-4,10,12,15-16H,5-9H2,(H3,24,26,27,29)/t12-,15+/m0/s1. The van der Waals surface area contributed by atoms with Crippen LogP contribution in [0.15, 0.2) is 24.4 Å². The summed E-state index contributed by atoms with van der Waals surface area (Å²) in [5.41, 5.74) is 8.51. The Labute approximate surface area is 190 Å². The molecular formula is C20H21F3N10O. The molecule has 0 spiro atoms. The van der Waals surface area contributed by atoms with E-state index in [1.165, 1.54) is 0 Å². The maximum Gasteiger partial charge on any atom is 0.258 e. The van der Waals surface area contributed by atoms with Crippen LogP contribution in [0.3, 0.4) is 0 Å². The number of nitrogens with one attached hydrogen (secondary N) is 1. The lowest BCUT2D eigenvalue weighted by atomic mass is 10.2. The van der Waals surface area contributed by atoms with Crippen LogP contribution in [-0.4, -0.2) is 90.5 Å². The summed E-state index contributed by atoms with van der Waals surface area (Å²) in [6.45, 7) is 1.51. The van der Waals surface area contributed by atoms with Crippen molar-refractivity contribution in [1.82, 2.24) is 39.5 Å². The van der Waals surface area contributed by atoms with Gasteiger partial charge in [0.2, 0.25) is 5.95 Å². The summed E-state index contributed by atoms with van der Waals surface area (Å²) in [4.78, 5) is 10.9. The fraction of sp³-hybridized carbons (Fsp3) is 0.450. The zero-order valence-electron chi connectivity index (χ0n) is 17.9. The number of likely N-dealkylation sites (tertiary alicyclic amines) is 1. The number of halogens is 3. The van der Waals surface area contributed by atoms with Gasteiger partial charge in [0.25, 0.3) is 6.43 Å². The maximum absolute atomic E-state index is 14.6. The topological polar surface area (TPSA) is 124 Å². The van der Waals surface area contributed by atoms with Crippen molar-refractivity contribution in [1.29, 1.82) is 0 Å². The summed E-state index contributed by atoms with van der Waals surface area (Å²) in [6, 6.07) is 4.91. The first-order valence-electron chi connectivity index (χ1n) is 10.8. The predicted octanol–water partition coefficient (Wildman–Crippen LogP) is 1.22. The molecule has 3 N–H and O–H groups in total. The number of ether oxygens (including phenoxy) is 1. The second kappa shape index (κ2) is 8.06. The van der Waals surface area contributed by atoms with E-state index >= 15 is 0 Å².